The van der Waals surface area contributed by atoms with Crippen LogP contribution in [-0.4, -0.2) is 4.98 Å². The van der Waals surface area contributed by atoms with Crippen molar-refractivity contribution in [2.45, 2.75) is 5.88 Å². The lowest BCUT2D eigenvalue weighted by atomic mass is 10.3. The van der Waals surface area contributed by atoms with Crippen molar-refractivity contribution >= 4 is 43.7 Å². The Kier molecular flexibility index (Phi) is 2.27. The zero-order valence-corrected chi connectivity index (χ0v) is 9.96. The third-order valence-electron chi connectivity index (χ3n) is 2.13. The molecule has 0 bridgehead atoms. The highest BCUT2D eigenvalue weighted by atomic mass is 35.5. The highest BCUT2D eigenvalue weighted by Crippen LogP contribution is 2.37. The molecular weight excluding hydrogens is 250 g/mol. The number of hydrogen-bond acceptors (Lipinski definition) is 4. The second-order valence-electron chi connectivity index (χ2n) is 3.02. The highest BCUT2D eigenvalue weighted by molar-refractivity contribution is 7.28. The lowest BCUT2D eigenvalue weighted by Gasteiger charge is -1.91. The molecule has 0 N–H and O–H groups in total. The average molecular weight is 256 g/mol. The standard InChI is InChI=1S/C10H6ClNOS2/c11-4-6-10(13-5-12-6)9-3-8-7(15-9)1-2-14-8/h1-3,5H,4H2. The van der Waals surface area contributed by atoms with Crippen molar-refractivity contribution < 1.29 is 4.42 Å². The van der Waals surface area contributed by atoms with Gasteiger partial charge in [-0.1, -0.05) is 0 Å². The second-order valence-corrected chi connectivity index (χ2v) is 5.32. The molecule has 76 valence electrons. The Balaban J connectivity index is 2.17. The number of oxazole rings is 1. The van der Waals surface area contributed by atoms with Crippen LogP contribution in [0.3, 0.4) is 0 Å². The smallest absolute Gasteiger partial charge is 0.181 e. The van der Waals surface area contributed by atoms with Gasteiger partial charge in [-0.3, -0.25) is 0 Å². The van der Waals surface area contributed by atoms with Crippen molar-refractivity contribution in [3.8, 4) is 10.6 Å². The van der Waals surface area contributed by atoms with Crippen molar-refractivity contribution in [3.63, 3.8) is 0 Å². The number of aromatic nitrogens is 1. The summed E-state index contributed by atoms with van der Waals surface area (Å²) < 4.78 is 7.93. The lowest BCUT2D eigenvalue weighted by Crippen LogP contribution is -1.78. The molecule has 5 heteroatoms. The van der Waals surface area contributed by atoms with Crippen molar-refractivity contribution in [2.75, 3.05) is 0 Å². The van der Waals surface area contributed by atoms with E-state index in [1.165, 1.54) is 15.8 Å². The zero-order chi connectivity index (χ0) is 10.3. The summed E-state index contributed by atoms with van der Waals surface area (Å²) in [6, 6.07) is 4.24. The van der Waals surface area contributed by atoms with Gasteiger partial charge in [0.2, 0.25) is 0 Å². The normalized spacial score (nSPS) is 11.3. The van der Waals surface area contributed by atoms with Crippen molar-refractivity contribution in [1.29, 1.82) is 0 Å². The molecule has 0 saturated heterocycles. The first-order chi connectivity index (χ1) is 7.38. The molecule has 0 radical (unpaired) electrons. The predicted octanol–water partition coefficient (Wildman–Crippen LogP) is 4.36. The fourth-order valence-electron chi connectivity index (χ4n) is 1.44. The molecule has 0 spiro atoms. The van der Waals surface area contributed by atoms with Gasteiger partial charge in [-0.05, 0) is 17.5 Å². The molecule has 0 aliphatic heterocycles. The molecule has 0 amide bonds. The molecule has 15 heavy (non-hydrogen) atoms. The number of rotatable bonds is 2. The summed E-state index contributed by atoms with van der Waals surface area (Å²) in [7, 11) is 0. The number of halogens is 1. The maximum Gasteiger partial charge on any atom is 0.181 e. The van der Waals surface area contributed by atoms with Gasteiger partial charge in [0.25, 0.3) is 0 Å². The van der Waals surface area contributed by atoms with Gasteiger partial charge in [-0.15, -0.1) is 34.3 Å². The van der Waals surface area contributed by atoms with E-state index in [0.717, 1.165) is 16.3 Å². The topological polar surface area (TPSA) is 26.0 Å². The van der Waals surface area contributed by atoms with E-state index < -0.39 is 0 Å². The Labute approximate surface area is 99.1 Å². The number of alkyl halides is 1. The third kappa shape index (κ3) is 1.49. The molecule has 3 aromatic heterocycles. The molecule has 0 aromatic carbocycles. The minimum absolute atomic E-state index is 0.386. The van der Waals surface area contributed by atoms with Crippen LogP contribution in [0.4, 0.5) is 0 Å². The average Bonchev–Trinajstić information content (AvgIpc) is 2.91. The van der Waals surface area contributed by atoms with E-state index in [2.05, 4.69) is 22.5 Å². The van der Waals surface area contributed by atoms with Crippen LogP contribution in [0, 0.1) is 0 Å². The van der Waals surface area contributed by atoms with Crippen LogP contribution >= 0.6 is 34.3 Å². The molecule has 0 aliphatic carbocycles. The molecule has 0 aliphatic rings. The van der Waals surface area contributed by atoms with Gasteiger partial charge < -0.3 is 4.42 Å². The molecule has 2 nitrogen and oxygen atoms in total. The minimum Gasteiger partial charge on any atom is -0.442 e. The van der Waals surface area contributed by atoms with Crippen molar-refractivity contribution in [1.82, 2.24) is 4.98 Å². The number of nitrogens with zero attached hydrogens (tertiary/aromatic N) is 1. The van der Waals surface area contributed by atoms with Gasteiger partial charge in [0, 0.05) is 9.40 Å². The Morgan fingerprint density at radius 1 is 1.40 bits per heavy atom. The van der Waals surface area contributed by atoms with E-state index in [4.69, 9.17) is 16.0 Å². The van der Waals surface area contributed by atoms with Gasteiger partial charge >= 0.3 is 0 Å². The summed E-state index contributed by atoms with van der Waals surface area (Å²) in [6.45, 7) is 0. The summed E-state index contributed by atoms with van der Waals surface area (Å²) >= 11 is 9.22. The molecular formula is C10H6ClNOS2. The van der Waals surface area contributed by atoms with E-state index in [0.29, 0.717) is 5.88 Å². The number of thiophene rings is 2. The van der Waals surface area contributed by atoms with E-state index in [1.54, 1.807) is 22.7 Å². The van der Waals surface area contributed by atoms with Crippen LogP contribution in [-0.2, 0) is 5.88 Å². The van der Waals surface area contributed by atoms with Crippen LogP contribution in [0.5, 0.6) is 0 Å². The Morgan fingerprint density at radius 3 is 3.13 bits per heavy atom. The fourth-order valence-corrected chi connectivity index (χ4v) is 3.75. The van der Waals surface area contributed by atoms with Gasteiger partial charge in [0.1, 0.15) is 5.69 Å². The Bertz CT molecular complexity index is 567. The largest absolute Gasteiger partial charge is 0.442 e. The molecule has 0 saturated carbocycles. The summed E-state index contributed by atoms with van der Waals surface area (Å²) in [5.74, 6) is 1.19. The van der Waals surface area contributed by atoms with Crippen molar-refractivity contribution in [2.24, 2.45) is 0 Å². The highest BCUT2D eigenvalue weighted by Gasteiger charge is 2.13. The minimum atomic E-state index is 0.386. The van der Waals surface area contributed by atoms with Crippen LogP contribution in [0.25, 0.3) is 20.0 Å². The second kappa shape index (κ2) is 3.63. The summed E-state index contributed by atoms with van der Waals surface area (Å²) in [4.78, 5) is 5.18. The zero-order valence-electron chi connectivity index (χ0n) is 7.57. The molecule has 0 fully saturated rings. The number of hydrogen-bond donors (Lipinski definition) is 0. The molecule has 3 rings (SSSR count). The molecule has 0 unspecified atom stereocenters. The van der Waals surface area contributed by atoms with E-state index >= 15 is 0 Å². The first-order valence-corrected chi connectivity index (χ1v) is 6.57. The maximum absolute atomic E-state index is 5.78. The van der Waals surface area contributed by atoms with Gasteiger partial charge in [-0.2, -0.15) is 0 Å². The van der Waals surface area contributed by atoms with Crippen LogP contribution in [0.2, 0.25) is 0 Å². The fraction of sp³-hybridized carbons (Fsp3) is 0.100. The summed E-state index contributed by atoms with van der Waals surface area (Å²) in [5, 5.41) is 2.09. The van der Waals surface area contributed by atoms with Crippen LogP contribution < -0.4 is 0 Å². The van der Waals surface area contributed by atoms with Crippen LogP contribution in [0.15, 0.2) is 28.3 Å². The van der Waals surface area contributed by atoms with E-state index in [9.17, 15) is 0 Å². The van der Waals surface area contributed by atoms with Crippen LogP contribution in [0.1, 0.15) is 5.69 Å². The Morgan fingerprint density at radius 2 is 2.33 bits per heavy atom. The first-order valence-electron chi connectivity index (χ1n) is 4.34. The summed E-state index contributed by atoms with van der Waals surface area (Å²) in [5.41, 5.74) is 0.811. The maximum atomic E-state index is 5.78. The predicted molar refractivity (Wildman–Crippen MR) is 64.8 cm³/mol. The van der Waals surface area contributed by atoms with E-state index in [1.807, 2.05) is 0 Å². The number of fused-ring (bicyclic) bond motifs is 1. The van der Waals surface area contributed by atoms with Crippen molar-refractivity contribution in [3.05, 3.63) is 29.6 Å². The quantitative estimate of drug-likeness (QED) is 0.636. The SMILES string of the molecule is ClCc1ncoc1-c1cc2sccc2s1. The Hall–Kier alpha value is -0.840. The molecule has 0 atom stereocenters. The molecule has 3 heterocycles. The van der Waals surface area contributed by atoms with Gasteiger partial charge in [0.15, 0.2) is 12.2 Å². The monoisotopic (exact) mass is 255 g/mol. The summed E-state index contributed by atoms with van der Waals surface area (Å²) in [6.07, 6.45) is 1.45. The first kappa shape index (κ1) is 9.39. The van der Waals surface area contributed by atoms with E-state index in [-0.39, 0.29) is 0 Å². The lowest BCUT2D eigenvalue weighted by molar-refractivity contribution is 0.572. The molecule has 3 aromatic rings. The van der Waals surface area contributed by atoms with Gasteiger partial charge in [0.05, 0.1) is 10.8 Å². The van der Waals surface area contributed by atoms with Gasteiger partial charge in [-0.25, -0.2) is 4.98 Å². The third-order valence-corrected chi connectivity index (χ3v) is 4.48.